The summed E-state index contributed by atoms with van der Waals surface area (Å²) in [5, 5.41) is 4.24. The van der Waals surface area contributed by atoms with Gasteiger partial charge in [0.2, 0.25) is 11.8 Å². The number of thiazole rings is 1. The average molecular weight is 718 g/mol. The first kappa shape index (κ1) is 32.0. The van der Waals surface area contributed by atoms with Gasteiger partial charge in [-0.15, -0.1) is 11.8 Å². The Morgan fingerprint density at radius 3 is 2.41 bits per heavy atom. The number of aromatic amines is 1. The molecular weight excluding hydrogens is 686 g/mol. The van der Waals surface area contributed by atoms with Gasteiger partial charge in [0.1, 0.15) is 5.75 Å². The van der Waals surface area contributed by atoms with Crippen LogP contribution in [0.15, 0.2) is 76.6 Å². The van der Waals surface area contributed by atoms with Crippen molar-refractivity contribution in [1.29, 1.82) is 0 Å². The fraction of sp³-hybridized carbons (Fsp3) is 0.333. The number of thioether (sulfide) groups is 1. The molecule has 6 unspecified atom stereocenters. The molecule has 13 heteroatoms. The number of hydrogen-bond acceptors (Lipinski definition) is 9. The Kier molecular flexibility index (Phi) is 8.20. The lowest BCUT2D eigenvalue weighted by Gasteiger charge is -2.43. The van der Waals surface area contributed by atoms with Crippen LogP contribution in [0.3, 0.4) is 0 Å². The Morgan fingerprint density at radius 1 is 0.959 bits per heavy atom. The molecule has 4 aliphatic rings. The number of methoxy groups -OCH3 is 1. The third-order valence-corrected chi connectivity index (χ3v) is 13.0. The van der Waals surface area contributed by atoms with Crippen LogP contribution in [0.1, 0.15) is 29.7 Å². The molecule has 1 saturated heterocycles. The van der Waals surface area contributed by atoms with E-state index in [0.29, 0.717) is 40.3 Å². The number of rotatable bonds is 9. The van der Waals surface area contributed by atoms with Crippen LogP contribution in [0, 0.1) is 29.6 Å². The molecule has 2 aliphatic heterocycles. The summed E-state index contributed by atoms with van der Waals surface area (Å²) in [5.74, 6) is -0.109. The first-order chi connectivity index (χ1) is 23.7. The van der Waals surface area contributed by atoms with Crippen molar-refractivity contribution in [3.05, 3.63) is 91.9 Å². The van der Waals surface area contributed by atoms with Gasteiger partial charge in [0.05, 0.1) is 36.3 Å². The van der Waals surface area contributed by atoms with Gasteiger partial charge in [-0.2, -0.15) is 0 Å². The van der Waals surface area contributed by atoms with Crippen LogP contribution in [0.2, 0.25) is 5.02 Å². The van der Waals surface area contributed by atoms with Crippen molar-refractivity contribution in [3.8, 4) is 17.2 Å². The third-order valence-electron chi connectivity index (χ3n) is 10.2. The highest BCUT2D eigenvalue weighted by Crippen LogP contribution is 2.68. The number of nitrogens with zero attached hydrogens (tertiary/aromatic N) is 1. The molecule has 10 nitrogen and oxygen atoms in total. The molecule has 2 aliphatic carbocycles. The van der Waals surface area contributed by atoms with Gasteiger partial charge in [0.15, 0.2) is 18.1 Å². The lowest BCUT2D eigenvalue weighted by molar-refractivity contribution is -0.123. The molecule has 7 atom stereocenters. The SMILES string of the molecule is CCOc1cc([C@H]2c3sc(=O)[nH]c3SC3C4CC(C5C(=O)N(c6ccc(OC)cc6)C(=O)C45)C32)ccc1OCC(=O)Nc1ccc(Cl)cc1. The summed E-state index contributed by atoms with van der Waals surface area (Å²) in [4.78, 5) is 58.6. The van der Waals surface area contributed by atoms with Crippen molar-refractivity contribution in [1.82, 2.24) is 4.98 Å². The molecule has 1 aromatic heterocycles. The summed E-state index contributed by atoms with van der Waals surface area (Å²) in [7, 11) is 1.58. The Hall–Kier alpha value is -4.26. The van der Waals surface area contributed by atoms with Crippen LogP contribution >= 0.6 is 34.7 Å². The van der Waals surface area contributed by atoms with Gasteiger partial charge < -0.3 is 24.5 Å². The highest BCUT2D eigenvalue weighted by atomic mass is 35.5. The Labute approximate surface area is 295 Å². The highest BCUT2D eigenvalue weighted by Gasteiger charge is 2.69. The van der Waals surface area contributed by atoms with Crippen molar-refractivity contribution in [3.63, 3.8) is 0 Å². The van der Waals surface area contributed by atoms with Crippen LogP contribution in [0.4, 0.5) is 11.4 Å². The average Bonchev–Trinajstić information content (AvgIpc) is 3.84. The Morgan fingerprint density at radius 2 is 1.69 bits per heavy atom. The summed E-state index contributed by atoms with van der Waals surface area (Å²) >= 11 is 8.79. The summed E-state index contributed by atoms with van der Waals surface area (Å²) < 4.78 is 17.2. The first-order valence-electron chi connectivity index (χ1n) is 16.1. The zero-order valence-corrected chi connectivity index (χ0v) is 28.9. The van der Waals surface area contributed by atoms with Crippen molar-refractivity contribution in [2.75, 3.05) is 30.5 Å². The smallest absolute Gasteiger partial charge is 0.305 e. The van der Waals surface area contributed by atoms with E-state index >= 15 is 0 Å². The van der Waals surface area contributed by atoms with E-state index in [-0.39, 0.29) is 58.1 Å². The number of anilines is 2. The summed E-state index contributed by atoms with van der Waals surface area (Å²) in [6, 6.07) is 19.5. The predicted molar refractivity (Wildman–Crippen MR) is 187 cm³/mol. The molecule has 8 rings (SSSR count). The molecule has 4 aromatic rings. The van der Waals surface area contributed by atoms with Crippen LogP contribution < -0.4 is 29.3 Å². The van der Waals surface area contributed by atoms with Crippen molar-refractivity contribution < 1.29 is 28.6 Å². The van der Waals surface area contributed by atoms with Gasteiger partial charge in [-0.25, -0.2) is 0 Å². The summed E-state index contributed by atoms with van der Waals surface area (Å²) in [6.07, 6.45) is 0.781. The largest absolute Gasteiger partial charge is 0.497 e. The van der Waals surface area contributed by atoms with E-state index in [4.69, 9.17) is 25.8 Å². The molecule has 49 heavy (non-hydrogen) atoms. The van der Waals surface area contributed by atoms with E-state index < -0.39 is 11.8 Å². The maximum absolute atomic E-state index is 14.1. The number of hydrogen-bond donors (Lipinski definition) is 2. The molecule has 2 saturated carbocycles. The van der Waals surface area contributed by atoms with Gasteiger partial charge >= 0.3 is 4.87 Å². The van der Waals surface area contributed by atoms with Crippen molar-refractivity contribution in [2.45, 2.75) is 29.5 Å². The quantitative estimate of drug-likeness (QED) is 0.196. The molecular formula is C36H32ClN3O7S2. The van der Waals surface area contributed by atoms with E-state index in [2.05, 4.69) is 10.3 Å². The normalized spacial score (nSPS) is 26.3. The monoisotopic (exact) mass is 717 g/mol. The number of ether oxygens (including phenoxy) is 3. The Bertz CT molecular complexity index is 2010. The van der Waals surface area contributed by atoms with Crippen LogP contribution in [0.25, 0.3) is 0 Å². The fourth-order valence-electron chi connectivity index (χ4n) is 8.36. The maximum atomic E-state index is 14.1. The molecule has 0 radical (unpaired) electrons. The lowest BCUT2D eigenvalue weighted by atomic mass is 9.68. The topological polar surface area (TPSA) is 127 Å². The van der Waals surface area contributed by atoms with Crippen molar-refractivity contribution in [2.24, 2.45) is 29.6 Å². The second kappa shape index (κ2) is 12.6. The minimum absolute atomic E-state index is 0.00290. The lowest BCUT2D eigenvalue weighted by Crippen LogP contribution is -2.42. The number of fused-ring (bicyclic) bond motifs is 9. The van der Waals surface area contributed by atoms with E-state index in [0.717, 1.165) is 21.9 Å². The number of carbonyl (C=O) groups excluding carboxylic acids is 3. The fourth-order valence-corrected chi connectivity index (χ4v) is 11.4. The van der Waals surface area contributed by atoms with Gasteiger partial charge in [-0.1, -0.05) is 29.0 Å². The maximum Gasteiger partial charge on any atom is 0.305 e. The van der Waals surface area contributed by atoms with Gasteiger partial charge in [0, 0.05) is 26.8 Å². The second-order valence-corrected chi connectivity index (χ2v) is 15.3. The second-order valence-electron chi connectivity index (χ2n) is 12.7. The van der Waals surface area contributed by atoms with Gasteiger partial charge in [-0.3, -0.25) is 24.1 Å². The summed E-state index contributed by atoms with van der Waals surface area (Å²) in [5.41, 5.74) is 2.09. The van der Waals surface area contributed by atoms with E-state index in [1.165, 1.54) is 16.2 Å². The zero-order chi connectivity index (χ0) is 34.0. The van der Waals surface area contributed by atoms with Crippen LogP contribution in [0.5, 0.6) is 17.2 Å². The zero-order valence-electron chi connectivity index (χ0n) is 26.5. The number of aromatic nitrogens is 1. The van der Waals surface area contributed by atoms with Crippen molar-refractivity contribution >= 4 is 63.8 Å². The number of imide groups is 1. The number of amides is 3. The number of H-pyrrole nitrogens is 1. The molecule has 252 valence electrons. The molecule has 2 bridgehead atoms. The molecule has 0 spiro atoms. The minimum atomic E-state index is -0.422. The molecule has 3 fully saturated rings. The number of benzene rings is 3. The molecule has 3 aromatic carbocycles. The number of halogens is 1. The number of carbonyl (C=O) groups is 3. The van der Waals surface area contributed by atoms with E-state index in [1.54, 1.807) is 73.5 Å². The van der Waals surface area contributed by atoms with E-state index in [9.17, 15) is 19.2 Å². The number of nitrogens with one attached hydrogen (secondary N) is 2. The highest BCUT2D eigenvalue weighted by molar-refractivity contribution is 8.00. The first-order valence-corrected chi connectivity index (χ1v) is 18.2. The third kappa shape index (κ3) is 5.40. The van der Waals surface area contributed by atoms with Gasteiger partial charge in [0.25, 0.3) is 5.91 Å². The minimum Gasteiger partial charge on any atom is -0.497 e. The van der Waals surface area contributed by atoms with Crippen LogP contribution in [-0.2, 0) is 14.4 Å². The Balaban J connectivity index is 1.09. The van der Waals surface area contributed by atoms with Crippen LogP contribution in [-0.4, -0.2) is 48.3 Å². The van der Waals surface area contributed by atoms with E-state index in [1.807, 2.05) is 19.1 Å². The van der Waals surface area contributed by atoms with Gasteiger partial charge in [-0.05, 0) is 97.3 Å². The standard InChI is InChI=1S/C36H32ClN3O7S2/c1-3-46-25-14-17(4-13-24(25)47-16-26(41)38-19-7-5-18(37)6-8-19)27-28-22-15-23(31(28)48-33-32(27)49-36(44)39-33)30-29(22)34(42)40(35(30)43)20-9-11-21(45-2)12-10-20/h4-14,22-23,27-31H,3,15-16H2,1-2H3,(H,38,41)(H,39,44)/t22?,23?,27-,28?,29?,30?,31?/m1/s1. The molecule has 3 amide bonds. The molecule has 3 heterocycles. The molecule has 2 N–H and O–H groups in total. The predicted octanol–water partition coefficient (Wildman–Crippen LogP) is 6.19. The summed E-state index contributed by atoms with van der Waals surface area (Å²) in [6.45, 7) is 2.02.